The minimum atomic E-state index is 0.0106. The molecule has 4 nitrogen and oxygen atoms in total. The van der Waals surface area contributed by atoms with Gasteiger partial charge in [-0.25, -0.2) is 0 Å². The summed E-state index contributed by atoms with van der Waals surface area (Å²) in [6.07, 6.45) is 0. The van der Waals surface area contributed by atoms with Gasteiger partial charge in [0.05, 0.1) is 26.0 Å². The Labute approximate surface area is 176 Å². The van der Waals surface area contributed by atoms with Gasteiger partial charge in [-0.2, -0.15) is 0 Å². The van der Waals surface area contributed by atoms with Crippen molar-refractivity contribution in [3.8, 4) is 17.0 Å². The van der Waals surface area contributed by atoms with Crippen LogP contribution < -0.4 is 10.3 Å². The molecule has 1 aromatic heterocycles. The molecule has 0 aliphatic rings. The fraction of sp³-hybridized carbons (Fsp3) is 0.192. The monoisotopic (exact) mass is 399 g/mol. The maximum Gasteiger partial charge on any atom is 0.258 e. The van der Waals surface area contributed by atoms with Crippen LogP contribution in [0, 0.1) is 6.92 Å². The van der Waals surface area contributed by atoms with Gasteiger partial charge in [0.2, 0.25) is 0 Å². The van der Waals surface area contributed by atoms with E-state index in [-0.39, 0.29) is 5.56 Å². The first kappa shape index (κ1) is 19.9. The Kier molecular flexibility index (Phi) is 5.68. The van der Waals surface area contributed by atoms with Gasteiger partial charge >= 0.3 is 0 Å². The van der Waals surface area contributed by atoms with Crippen LogP contribution in [0.1, 0.15) is 16.7 Å². The number of hydrogen-bond acceptors (Lipinski definition) is 3. The number of methoxy groups -OCH3 is 1. The van der Waals surface area contributed by atoms with Gasteiger partial charge in [-0.15, -0.1) is 0 Å². The van der Waals surface area contributed by atoms with Crippen molar-refractivity contribution in [3.05, 3.63) is 99.8 Å². The highest BCUT2D eigenvalue weighted by Gasteiger charge is 2.12. The van der Waals surface area contributed by atoms with Crippen molar-refractivity contribution in [2.24, 2.45) is 7.05 Å². The van der Waals surface area contributed by atoms with Crippen molar-refractivity contribution >= 4 is 10.8 Å². The quantitative estimate of drug-likeness (QED) is 0.445. The molecule has 0 radical (unpaired) electrons. The zero-order valence-electron chi connectivity index (χ0n) is 17.5. The first-order valence-electron chi connectivity index (χ1n) is 9.96. The second-order valence-corrected chi connectivity index (χ2v) is 7.48. The SMILES string of the molecule is COc1ccc(COCc2ccccc2-c2cc3cc(C)ccc3c(=O)n2C)cc1. The Bertz CT molecular complexity index is 1240. The van der Waals surface area contributed by atoms with Crippen molar-refractivity contribution < 1.29 is 9.47 Å². The van der Waals surface area contributed by atoms with Crippen LogP contribution in [0.3, 0.4) is 0 Å². The minimum Gasteiger partial charge on any atom is -0.497 e. The number of benzene rings is 3. The molecule has 0 bridgehead atoms. The molecular formula is C26H25NO3. The van der Waals surface area contributed by atoms with Gasteiger partial charge in [-0.05, 0) is 47.7 Å². The summed E-state index contributed by atoms with van der Waals surface area (Å²) in [6, 6.07) is 24.0. The van der Waals surface area contributed by atoms with Crippen LogP contribution in [0.15, 0.2) is 77.6 Å². The van der Waals surface area contributed by atoms with Crippen molar-refractivity contribution in [1.29, 1.82) is 0 Å². The molecule has 0 spiro atoms. The Morgan fingerprint density at radius 1 is 0.900 bits per heavy atom. The molecule has 1 heterocycles. The highest BCUT2D eigenvalue weighted by molar-refractivity contribution is 5.86. The van der Waals surface area contributed by atoms with E-state index in [1.54, 1.807) is 11.7 Å². The number of rotatable bonds is 6. The first-order chi connectivity index (χ1) is 14.6. The zero-order valence-corrected chi connectivity index (χ0v) is 17.5. The van der Waals surface area contributed by atoms with Crippen LogP contribution >= 0.6 is 0 Å². The van der Waals surface area contributed by atoms with Gasteiger partial charge in [0.15, 0.2) is 0 Å². The highest BCUT2D eigenvalue weighted by atomic mass is 16.5. The Morgan fingerprint density at radius 2 is 1.67 bits per heavy atom. The lowest BCUT2D eigenvalue weighted by Crippen LogP contribution is -2.19. The van der Waals surface area contributed by atoms with Crippen LogP contribution in [-0.2, 0) is 25.0 Å². The van der Waals surface area contributed by atoms with Gasteiger partial charge in [0.25, 0.3) is 5.56 Å². The molecule has 4 heteroatoms. The van der Waals surface area contributed by atoms with E-state index in [9.17, 15) is 4.79 Å². The van der Waals surface area contributed by atoms with Crippen LogP contribution in [0.25, 0.3) is 22.0 Å². The third-order valence-electron chi connectivity index (χ3n) is 5.37. The summed E-state index contributed by atoms with van der Waals surface area (Å²) in [5.74, 6) is 0.830. The second kappa shape index (κ2) is 8.56. The minimum absolute atomic E-state index is 0.0106. The molecular weight excluding hydrogens is 374 g/mol. The molecule has 0 aliphatic heterocycles. The summed E-state index contributed by atoms with van der Waals surface area (Å²) < 4.78 is 12.9. The van der Waals surface area contributed by atoms with E-state index in [1.807, 2.05) is 74.6 Å². The topological polar surface area (TPSA) is 40.5 Å². The number of aryl methyl sites for hydroxylation is 1. The third-order valence-corrected chi connectivity index (χ3v) is 5.37. The van der Waals surface area contributed by atoms with Crippen LogP contribution in [-0.4, -0.2) is 11.7 Å². The Morgan fingerprint density at radius 3 is 2.43 bits per heavy atom. The van der Waals surface area contributed by atoms with E-state index >= 15 is 0 Å². The van der Waals surface area contributed by atoms with E-state index in [0.717, 1.165) is 44.5 Å². The molecule has 3 aromatic carbocycles. The molecule has 0 unspecified atom stereocenters. The van der Waals surface area contributed by atoms with Gasteiger partial charge in [-0.1, -0.05) is 54.1 Å². The summed E-state index contributed by atoms with van der Waals surface area (Å²) in [7, 11) is 3.48. The normalized spacial score (nSPS) is 11.0. The highest BCUT2D eigenvalue weighted by Crippen LogP contribution is 2.26. The maximum atomic E-state index is 12.9. The predicted molar refractivity (Wildman–Crippen MR) is 121 cm³/mol. The van der Waals surface area contributed by atoms with Crippen molar-refractivity contribution in [1.82, 2.24) is 4.57 Å². The molecule has 152 valence electrons. The molecule has 0 aliphatic carbocycles. The molecule has 30 heavy (non-hydrogen) atoms. The summed E-state index contributed by atoms with van der Waals surface area (Å²) in [5, 5.41) is 1.70. The summed E-state index contributed by atoms with van der Waals surface area (Å²) >= 11 is 0. The van der Waals surface area contributed by atoms with E-state index in [2.05, 4.69) is 12.1 Å². The Balaban J connectivity index is 1.63. The van der Waals surface area contributed by atoms with Crippen LogP contribution in [0.2, 0.25) is 0 Å². The van der Waals surface area contributed by atoms with Crippen LogP contribution in [0.5, 0.6) is 5.75 Å². The van der Waals surface area contributed by atoms with Crippen molar-refractivity contribution in [2.75, 3.05) is 7.11 Å². The fourth-order valence-corrected chi connectivity index (χ4v) is 3.69. The molecule has 0 saturated carbocycles. The smallest absolute Gasteiger partial charge is 0.258 e. The van der Waals surface area contributed by atoms with Gasteiger partial charge in [0.1, 0.15) is 5.75 Å². The third kappa shape index (κ3) is 4.00. The predicted octanol–water partition coefficient (Wildman–Crippen LogP) is 5.24. The van der Waals surface area contributed by atoms with Crippen molar-refractivity contribution in [3.63, 3.8) is 0 Å². The lowest BCUT2D eigenvalue weighted by atomic mass is 10.0. The van der Waals surface area contributed by atoms with Gasteiger partial charge in [0, 0.05) is 18.0 Å². The number of hydrogen-bond donors (Lipinski definition) is 0. The van der Waals surface area contributed by atoms with E-state index in [1.165, 1.54) is 0 Å². The van der Waals surface area contributed by atoms with Gasteiger partial charge < -0.3 is 14.0 Å². The summed E-state index contributed by atoms with van der Waals surface area (Å²) in [5.41, 5.74) is 5.18. The number of ether oxygens (including phenoxy) is 2. The number of aromatic nitrogens is 1. The standard InChI is InChI=1S/C26H25NO3/c1-18-8-13-24-21(14-18)15-25(27(2)26(24)28)23-7-5-4-6-20(23)17-30-16-19-9-11-22(29-3)12-10-19/h4-15H,16-17H2,1-3H3. The number of fused-ring (bicyclic) bond motifs is 1. The fourth-order valence-electron chi connectivity index (χ4n) is 3.69. The number of nitrogens with zero attached hydrogens (tertiary/aromatic N) is 1. The second-order valence-electron chi connectivity index (χ2n) is 7.48. The number of pyridine rings is 1. The molecule has 0 amide bonds. The van der Waals surface area contributed by atoms with E-state index < -0.39 is 0 Å². The summed E-state index contributed by atoms with van der Waals surface area (Å²) in [4.78, 5) is 12.9. The largest absolute Gasteiger partial charge is 0.497 e. The average molecular weight is 399 g/mol. The summed E-state index contributed by atoms with van der Waals surface area (Å²) in [6.45, 7) is 3.01. The Hall–Kier alpha value is -3.37. The maximum absolute atomic E-state index is 12.9. The van der Waals surface area contributed by atoms with E-state index in [4.69, 9.17) is 9.47 Å². The molecule has 0 fully saturated rings. The zero-order chi connectivity index (χ0) is 21.1. The molecule has 0 saturated heterocycles. The van der Waals surface area contributed by atoms with Gasteiger partial charge in [-0.3, -0.25) is 4.79 Å². The lowest BCUT2D eigenvalue weighted by Gasteiger charge is -2.15. The molecule has 0 N–H and O–H groups in total. The molecule has 4 rings (SSSR count). The van der Waals surface area contributed by atoms with E-state index in [0.29, 0.717) is 13.2 Å². The van der Waals surface area contributed by atoms with Crippen LogP contribution in [0.4, 0.5) is 0 Å². The lowest BCUT2D eigenvalue weighted by molar-refractivity contribution is 0.107. The average Bonchev–Trinajstić information content (AvgIpc) is 2.77. The molecule has 4 aromatic rings. The first-order valence-corrected chi connectivity index (χ1v) is 9.96. The molecule has 0 atom stereocenters. The van der Waals surface area contributed by atoms with Crippen molar-refractivity contribution in [2.45, 2.75) is 20.1 Å².